The first-order chi connectivity index (χ1) is 22.9. The Hall–Kier alpha value is -3.96. The van der Waals surface area contributed by atoms with E-state index in [0.717, 1.165) is 74.2 Å². The molecule has 0 heterocycles. The molecule has 12 heteroatoms. The monoisotopic (exact) mass is 676 g/mol. The number of esters is 4. The Kier molecular flexibility index (Phi) is 21.2. The number of rotatable bonds is 16. The van der Waals surface area contributed by atoms with Crippen molar-refractivity contribution in [2.75, 3.05) is 26.4 Å². The Morgan fingerprint density at radius 3 is 0.792 bits per heavy atom. The first-order valence-corrected chi connectivity index (χ1v) is 17.4. The van der Waals surface area contributed by atoms with Crippen molar-refractivity contribution in [2.24, 2.45) is 0 Å². The fourth-order valence-electron chi connectivity index (χ4n) is 5.73. The molecule has 0 saturated heterocycles. The molecule has 0 aromatic rings. The molecule has 0 aliphatic heterocycles. The number of allylic oxidation sites excluding steroid dienone is 4. The predicted octanol–water partition coefficient (Wildman–Crippen LogP) is 4.82. The molecule has 2 aliphatic carbocycles. The first kappa shape index (κ1) is 42.1. The summed E-state index contributed by atoms with van der Waals surface area (Å²) in [6.45, 7) is 16.1. The van der Waals surface area contributed by atoms with Gasteiger partial charge in [0.05, 0.1) is 26.4 Å². The van der Waals surface area contributed by atoms with Crippen LogP contribution in [0.1, 0.15) is 107 Å². The molecule has 4 atom stereocenters. The summed E-state index contributed by atoms with van der Waals surface area (Å²) in [7, 11) is 0. The molecule has 0 unspecified atom stereocenters. The van der Waals surface area contributed by atoms with Crippen molar-refractivity contribution in [3.05, 3.63) is 47.1 Å². The zero-order valence-corrected chi connectivity index (χ0v) is 30.4. The van der Waals surface area contributed by atoms with Crippen LogP contribution in [0, 0.1) is 0 Å². The SMILES string of the molecule is CCOC(=O)/C=C(/C)N[C@H]1CCCC[C@@H]1N/C(C)=C\C(=O)OCC.CCOC(=O)/C=C(/C)N[C@H]1CCCC[C@@H]1N/C(C)=C\C(=O)OCC. The minimum absolute atomic E-state index is 0.204. The Bertz CT molecular complexity index is 971. The van der Waals surface area contributed by atoms with Crippen LogP contribution >= 0.6 is 0 Å². The van der Waals surface area contributed by atoms with E-state index in [4.69, 9.17) is 18.9 Å². The molecule has 0 amide bonds. The van der Waals surface area contributed by atoms with Gasteiger partial charge in [-0.25, -0.2) is 19.2 Å². The van der Waals surface area contributed by atoms with Crippen molar-refractivity contribution in [3.8, 4) is 0 Å². The summed E-state index contributed by atoms with van der Waals surface area (Å²) in [6, 6.07) is 0.815. The van der Waals surface area contributed by atoms with Gasteiger partial charge < -0.3 is 40.2 Å². The summed E-state index contributed by atoms with van der Waals surface area (Å²) >= 11 is 0. The molecule has 2 fully saturated rings. The van der Waals surface area contributed by atoms with Crippen LogP contribution in [0.25, 0.3) is 0 Å². The van der Waals surface area contributed by atoms with Crippen LogP contribution in [0.2, 0.25) is 0 Å². The topological polar surface area (TPSA) is 153 Å². The minimum Gasteiger partial charge on any atom is -0.463 e. The molecular weight excluding hydrogens is 616 g/mol. The highest BCUT2D eigenvalue weighted by Crippen LogP contribution is 2.21. The number of carbonyl (C=O) groups excluding carboxylic acids is 4. The lowest BCUT2D eigenvalue weighted by Gasteiger charge is -2.34. The normalized spacial score (nSPS) is 21.8. The van der Waals surface area contributed by atoms with Gasteiger partial charge in [0.25, 0.3) is 0 Å². The van der Waals surface area contributed by atoms with Gasteiger partial charge in [0.1, 0.15) is 0 Å². The van der Waals surface area contributed by atoms with Gasteiger partial charge in [0.2, 0.25) is 0 Å². The number of hydrogen-bond acceptors (Lipinski definition) is 12. The van der Waals surface area contributed by atoms with Crippen LogP contribution < -0.4 is 21.3 Å². The number of nitrogens with one attached hydrogen (secondary N) is 4. The third kappa shape index (κ3) is 18.4. The minimum atomic E-state index is -0.332. The molecule has 272 valence electrons. The van der Waals surface area contributed by atoms with E-state index >= 15 is 0 Å². The smallest absolute Gasteiger partial charge is 0.332 e. The molecule has 0 radical (unpaired) electrons. The number of carbonyl (C=O) groups is 4. The van der Waals surface area contributed by atoms with Crippen LogP contribution in [-0.4, -0.2) is 74.5 Å². The van der Waals surface area contributed by atoms with E-state index < -0.39 is 0 Å². The summed E-state index contributed by atoms with van der Waals surface area (Å²) in [4.78, 5) is 46.1. The Morgan fingerprint density at radius 2 is 0.625 bits per heavy atom. The molecule has 0 bridgehead atoms. The summed E-state index contributed by atoms with van der Waals surface area (Å²) in [5, 5.41) is 13.6. The van der Waals surface area contributed by atoms with Gasteiger partial charge in [-0.05, 0) is 81.1 Å². The van der Waals surface area contributed by atoms with Gasteiger partial charge in [0, 0.05) is 71.3 Å². The first-order valence-electron chi connectivity index (χ1n) is 17.4. The van der Waals surface area contributed by atoms with Crippen molar-refractivity contribution < 1.29 is 38.1 Å². The second kappa shape index (κ2) is 24.2. The second-order valence-electron chi connectivity index (χ2n) is 11.9. The van der Waals surface area contributed by atoms with Crippen molar-refractivity contribution >= 4 is 23.9 Å². The van der Waals surface area contributed by atoms with Crippen molar-refractivity contribution in [3.63, 3.8) is 0 Å². The lowest BCUT2D eigenvalue weighted by Crippen LogP contribution is -2.48. The molecule has 0 aromatic carbocycles. The number of hydrogen-bond donors (Lipinski definition) is 4. The van der Waals surface area contributed by atoms with Crippen LogP contribution in [0.5, 0.6) is 0 Å². The second-order valence-corrected chi connectivity index (χ2v) is 11.9. The molecule has 2 rings (SSSR count). The molecule has 0 aromatic heterocycles. The van der Waals surface area contributed by atoms with Gasteiger partial charge >= 0.3 is 23.9 Å². The standard InChI is InChI=1S/2C18H30N2O4/c2*1-5-23-17(21)11-13(3)19-15-9-7-8-10-16(15)20-14(4)12-18(22)24-6-2/h2*11-12,15-16,19-20H,5-10H2,1-4H3/b2*13-11-,14-12-/t2*15-,16-/m00/s1. The summed E-state index contributed by atoms with van der Waals surface area (Å²) < 4.78 is 19.7. The van der Waals surface area contributed by atoms with Crippen LogP contribution in [0.15, 0.2) is 47.1 Å². The third-order valence-corrected chi connectivity index (χ3v) is 7.67. The van der Waals surface area contributed by atoms with E-state index in [9.17, 15) is 19.2 Å². The largest absolute Gasteiger partial charge is 0.463 e. The molecule has 12 nitrogen and oxygen atoms in total. The highest BCUT2D eigenvalue weighted by Gasteiger charge is 2.26. The van der Waals surface area contributed by atoms with Gasteiger partial charge in [0.15, 0.2) is 0 Å². The van der Waals surface area contributed by atoms with Crippen LogP contribution in [0.4, 0.5) is 0 Å². The predicted molar refractivity (Wildman–Crippen MR) is 186 cm³/mol. The van der Waals surface area contributed by atoms with Gasteiger partial charge in [-0.15, -0.1) is 0 Å². The zero-order valence-electron chi connectivity index (χ0n) is 30.4. The fourth-order valence-corrected chi connectivity index (χ4v) is 5.73. The Balaban J connectivity index is 0.000000480. The van der Waals surface area contributed by atoms with E-state index in [0.29, 0.717) is 26.4 Å². The maximum atomic E-state index is 11.5. The summed E-state index contributed by atoms with van der Waals surface area (Å²) in [6.07, 6.45) is 14.5. The lowest BCUT2D eigenvalue weighted by atomic mass is 9.90. The van der Waals surface area contributed by atoms with E-state index in [1.54, 1.807) is 27.7 Å². The quantitative estimate of drug-likeness (QED) is 0.101. The highest BCUT2D eigenvalue weighted by atomic mass is 16.5. The summed E-state index contributed by atoms with van der Waals surface area (Å²) in [5.41, 5.74) is 3.16. The van der Waals surface area contributed by atoms with Crippen molar-refractivity contribution in [2.45, 2.75) is 131 Å². The van der Waals surface area contributed by atoms with Gasteiger partial charge in [-0.2, -0.15) is 0 Å². The summed E-state index contributed by atoms with van der Waals surface area (Å²) in [5.74, 6) is -1.33. The van der Waals surface area contributed by atoms with E-state index in [2.05, 4.69) is 21.3 Å². The molecule has 2 aliphatic rings. The van der Waals surface area contributed by atoms with Crippen LogP contribution in [-0.2, 0) is 38.1 Å². The fraction of sp³-hybridized carbons (Fsp3) is 0.667. The maximum Gasteiger partial charge on any atom is 0.332 e. The number of ether oxygens (including phenoxy) is 4. The van der Waals surface area contributed by atoms with Gasteiger partial charge in [-0.1, -0.05) is 25.7 Å². The average Bonchev–Trinajstić information content (AvgIpc) is 2.99. The zero-order chi connectivity index (χ0) is 35.9. The van der Waals surface area contributed by atoms with Gasteiger partial charge in [-0.3, -0.25) is 0 Å². The average molecular weight is 677 g/mol. The van der Waals surface area contributed by atoms with E-state index in [1.807, 2.05) is 27.7 Å². The molecule has 4 N–H and O–H groups in total. The highest BCUT2D eigenvalue weighted by molar-refractivity contribution is 5.83. The van der Waals surface area contributed by atoms with E-state index in [1.165, 1.54) is 24.3 Å². The van der Waals surface area contributed by atoms with Crippen LogP contribution in [0.3, 0.4) is 0 Å². The third-order valence-electron chi connectivity index (χ3n) is 7.67. The molecule has 2 saturated carbocycles. The molecule has 48 heavy (non-hydrogen) atoms. The van der Waals surface area contributed by atoms with Crippen molar-refractivity contribution in [1.29, 1.82) is 0 Å². The lowest BCUT2D eigenvalue weighted by molar-refractivity contribution is -0.138. The van der Waals surface area contributed by atoms with Crippen molar-refractivity contribution in [1.82, 2.24) is 21.3 Å². The molecular formula is C36H60N4O8. The Labute approximate surface area is 287 Å². The van der Waals surface area contributed by atoms with E-state index in [-0.39, 0.29) is 48.0 Å². The maximum absolute atomic E-state index is 11.5. The Morgan fingerprint density at radius 1 is 0.438 bits per heavy atom. The molecule has 0 spiro atoms.